The molecule has 0 radical (unpaired) electrons. The fourth-order valence-electron chi connectivity index (χ4n) is 3.52. The van der Waals surface area contributed by atoms with Crippen molar-refractivity contribution < 1.29 is 36.9 Å². The van der Waals surface area contributed by atoms with Gasteiger partial charge in [0.2, 0.25) is 0 Å². The number of hydrogen-bond donors (Lipinski definition) is 2. The summed E-state index contributed by atoms with van der Waals surface area (Å²) in [6.45, 7) is 10.8. The van der Waals surface area contributed by atoms with E-state index < -0.39 is 58.5 Å². The van der Waals surface area contributed by atoms with E-state index in [0.717, 1.165) is 16.8 Å². The maximum absolute atomic E-state index is 15.6. The fourth-order valence-corrected chi connectivity index (χ4v) is 6.19. The Morgan fingerprint density at radius 1 is 1.24 bits per heavy atom. The van der Waals surface area contributed by atoms with Crippen LogP contribution in [0.2, 0.25) is 0 Å². The Labute approximate surface area is 198 Å². The number of halogens is 1. The average Bonchev–Trinajstić information content (AvgIpc) is 3.02. The summed E-state index contributed by atoms with van der Waals surface area (Å²) in [5.74, 6) is 0. The van der Waals surface area contributed by atoms with Crippen LogP contribution in [0.5, 0.6) is 0 Å². The van der Waals surface area contributed by atoms with E-state index in [0.29, 0.717) is 0 Å². The Bertz CT molecular complexity index is 926. The number of nitrogens with one attached hydrogen (secondary N) is 1. The molecular weight excluding hydrogens is 495 g/mol. The second-order valence-electron chi connectivity index (χ2n) is 7.99. The lowest BCUT2D eigenvalue weighted by Crippen LogP contribution is -2.39. The molecule has 0 amide bonds. The summed E-state index contributed by atoms with van der Waals surface area (Å²) in [7, 11) is -5.96. The molecule has 0 aromatic carbocycles. The summed E-state index contributed by atoms with van der Waals surface area (Å²) in [4.78, 5) is 36.4. The van der Waals surface area contributed by atoms with Crippen molar-refractivity contribution in [1.29, 1.82) is 0 Å². The molecule has 0 spiro atoms. The van der Waals surface area contributed by atoms with E-state index in [-0.39, 0.29) is 25.3 Å². The summed E-state index contributed by atoms with van der Waals surface area (Å²) in [6, 6.07) is 0.798. The van der Waals surface area contributed by atoms with Crippen LogP contribution in [-0.2, 0) is 27.6 Å². The number of aromatic amines is 1. The Hall–Kier alpha value is -1.01. The minimum Gasteiger partial charge on any atom is -0.338 e. The van der Waals surface area contributed by atoms with Gasteiger partial charge in [0.05, 0.1) is 13.2 Å². The van der Waals surface area contributed by atoms with Gasteiger partial charge in [-0.1, -0.05) is 0 Å². The number of alkyl halides is 1. The van der Waals surface area contributed by atoms with Gasteiger partial charge in [0, 0.05) is 24.3 Å². The molecule has 1 fully saturated rings. The highest BCUT2D eigenvalue weighted by Crippen LogP contribution is 2.50. The highest BCUT2D eigenvalue weighted by atomic mass is 31.2. The number of H-pyrrole nitrogens is 1. The highest BCUT2D eigenvalue weighted by Gasteiger charge is 2.51. The summed E-state index contributed by atoms with van der Waals surface area (Å²) in [5.41, 5.74) is -1.56. The van der Waals surface area contributed by atoms with E-state index in [4.69, 9.17) is 23.0 Å². The van der Waals surface area contributed by atoms with Gasteiger partial charge in [-0.2, -0.15) is 0 Å². The molecule has 2 N–H and O–H groups in total. The highest BCUT2D eigenvalue weighted by molar-refractivity contribution is 7.53. The van der Waals surface area contributed by atoms with Crippen LogP contribution in [0.25, 0.3) is 0 Å². The van der Waals surface area contributed by atoms with Gasteiger partial charge in [-0.25, -0.2) is 13.9 Å². The Morgan fingerprint density at radius 3 is 2.32 bits per heavy atom. The lowest BCUT2D eigenvalue weighted by molar-refractivity contribution is -0.166. The molecule has 1 aromatic heterocycles. The molecule has 5 atom stereocenters. The van der Waals surface area contributed by atoms with E-state index >= 15 is 4.39 Å². The number of hydrogen-bond acceptors (Lipinski definition) is 10. The quantitative estimate of drug-likeness (QED) is 0.366. The molecule has 1 unspecified atom stereocenters. The predicted octanol–water partition coefficient (Wildman–Crippen LogP) is 2.69. The zero-order chi connectivity index (χ0) is 25.6. The van der Waals surface area contributed by atoms with Crippen LogP contribution in [0.3, 0.4) is 0 Å². The van der Waals surface area contributed by atoms with Gasteiger partial charge in [0.1, 0.15) is 0 Å². The van der Waals surface area contributed by atoms with Gasteiger partial charge < -0.3 is 27.9 Å². The van der Waals surface area contributed by atoms with Crippen LogP contribution in [0, 0.1) is 0 Å². The van der Waals surface area contributed by atoms with Crippen molar-refractivity contribution in [2.24, 2.45) is 0 Å². The standard InChI is InChI=1S/C19H34FN3O9P2/c1-7-29-34(27,30-8-2)11-28-18-16(32-33(26)23(12(3)4)13(5)6)15(20)17(31-18)22-10-9-14(24)21-19(22)25/h9-10,12-13,15-18,26H,7-8,11H2,1-6H3,(H,21,24,25)/t15-,16+,17-,18+,33?/m1/s1. The minimum absolute atomic E-state index is 0.0902. The molecule has 34 heavy (non-hydrogen) atoms. The van der Waals surface area contributed by atoms with E-state index in [1.165, 1.54) is 0 Å². The van der Waals surface area contributed by atoms with E-state index in [1.807, 2.05) is 32.7 Å². The third kappa shape index (κ3) is 7.25. The maximum Gasteiger partial charge on any atom is 0.356 e. The number of aromatic nitrogens is 2. The van der Waals surface area contributed by atoms with Crippen LogP contribution in [0.4, 0.5) is 4.39 Å². The van der Waals surface area contributed by atoms with Crippen molar-refractivity contribution in [2.45, 2.75) is 78.4 Å². The molecule has 2 rings (SSSR count). The summed E-state index contributed by atoms with van der Waals surface area (Å²) < 4.78 is 58.1. The fraction of sp³-hybridized carbons (Fsp3) is 0.789. The third-order valence-corrected chi connectivity index (χ3v) is 8.29. The Balaban J connectivity index is 2.33. The lowest BCUT2D eigenvalue weighted by atomic mass is 10.2. The summed E-state index contributed by atoms with van der Waals surface area (Å²) in [6.07, 6.45) is -5.96. The van der Waals surface area contributed by atoms with E-state index in [9.17, 15) is 19.0 Å². The van der Waals surface area contributed by atoms with Gasteiger partial charge in [0.25, 0.3) is 14.1 Å². The molecule has 1 aliphatic heterocycles. The van der Waals surface area contributed by atoms with Crippen molar-refractivity contribution in [3.63, 3.8) is 0 Å². The zero-order valence-corrected chi connectivity index (χ0v) is 21.9. The molecule has 1 aromatic rings. The lowest BCUT2D eigenvalue weighted by Gasteiger charge is -2.35. The van der Waals surface area contributed by atoms with Crippen molar-refractivity contribution in [1.82, 2.24) is 14.2 Å². The molecule has 12 nitrogen and oxygen atoms in total. The van der Waals surface area contributed by atoms with Crippen molar-refractivity contribution >= 4 is 16.1 Å². The van der Waals surface area contributed by atoms with Gasteiger partial charge >= 0.3 is 13.3 Å². The van der Waals surface area contributed by atoms with Crippen LogP contribution in [-0.4, -0.2) is 69.3 Å². The molecular formula is C19H34FN3O9P2. The Kier molecular flexibility index (Phi) is 11.0. The second kappa shape index (κ2) is 12.8. The smallest absolute Gasteiger partial charge is 0.338 e. The minimum atomic E-state index is -3.67. The molecule has 2 heterocycles. The largest absolute Gasteiger partial charge is 0.356 e. The third-order valence-electron chi connectivity index (χ3n) is 4.77. The van der Waals surface area contributed by atoms with E-state index in [1.54, 1.807) is 18.5 Å². The summed E-state index contributed by atoms with van der Waals surface area (Å²) in [5, 5.41) is 0. The van der Waals surface area contributed by atoms with Gasteiger partial charge in [0.15, 0.2) is 31.1 Å². The van der Waals surface area contributed by atoms with Crippen molar-refractivity contribution in [3.05, 3.63) is 33.1 Å². The predicted molar refractivity (Wildman–Crippen MR) is 123 cm³/mol. The molecule has 0 bridgehead atoms. The number of ether oxygens (including phenoxy) is 2. The number of nitrogens with zero attached hydrogens (tertiary/aromatic N) is 2. The SMILES string of the molecule is CCOP(=O)(CO[C@H]1O[C@@H](n2ccc(=O)[nH]c2=O)[C@H](F)[C@@H]1OP(O)N(C(C)C)C(C)C)OCC. The Morgan fingerprint density at radius 2 is 1.82 bits per heavy atom. The average molecular weight is 529 g/mol. The topological polar surface area (TPSA) is 142 Å². The monoisotopic (exact) mass is 529 g/mol. The van der Waals surface area contributed by atoms with E-state index in [2.05, 4.69) is 0 Å². The normalized spacial score (nSPS) is 24.4. The first-order valence-corrected chi connectivity index (χ1v) is 13.9. The van der Waals surface area contributed by atoms with Gasteiger partial charge in [-0.05, 0) is 41.5 Å². The molecule has 1 aliphatic rings. The first-order chi connectivity index (χ1) is 15.9. The van der Waals surface area contributed by atoms with Gasteiger partial charge in [-0.15, -0.1) is 0 Å². The first-order valence-electron chi connectivity index (χ1n) is 11.0. The molecule has 0 saturated carbocycles. The molecule has 0 aliphatic carbocycles. The molecule has 1 saturated heterocycles. The van der Waals surface area contributed by atoms with Crippen LogP contribution in [0.1, 0.15) is 47.8 Å². The van der Waals surface area contributed by atoms with Crippen molar-refractivity contribution in [3.8, 4) is 0 Å². The molecule has 196 valence electrons. The van der Waals surface area contributed by atoms with Crippen LogP contribution >= 0.6 is 16.1 Å². The first kappa shape index (κ1) is 29.2. The molecule has 15 heteroatoms. The summed E-state index contributed by atoms with van der Waals surface area (Å²) >= 11 is 0. The van der Waals surface area contributed by atoms with Crippen molar-refractivity contribution in [2.75, 3.05) is 19.6 Å². The van der Waals surface area contributed by atoms with Gasteiger partial charge in [-0.3, -0.25) is 18.9 Å². The second-order valence-corrected chi connectivity index (χ2v) is 11.2. The van der Waals surface area contributed by atoms with Crippen LogP contribution in [0.15, 0.2) is 21.9 Å². The van der Waals surface area contributed by atoms with Crippen LogP contribution < -0.4 is 11.2 Å². The zero-order valence-electron chi connectivity index (χ0n) is 20.1. The number of rotatable bonds is 13. The maximum atomic E-state index is 15.6.